The minimum atomic E-state index is 0.0100. The van der Waals surface area contributed by atoms with Crippen molar-refractivity contribution in [2.75, 3.05) is 6.61 Å². The van der Waals surface area contributed by atoms with Gasteiger partial charge in [-0.05, 0) is 43.4 Å². The van der Waals surface area contributed by atoms with Gasteiger partial charge in [-0.3, -0.25) is 0 Å². The van der Waals surface area contributed by atoms with Crippen molar-refractivity contribution in [1.82, 2.24) is 15.0 Å². The second-order valence-corrected chi connectivity index (χ2v) is 4.79. The minimum absolute atomic E-state index is 0.0100. The lowest BCUT2D eigenvalue weighted by atomic mass is 10.1. The van der Waals surface area contributed by atoms with Gasteiger partial charge in [-0.25, -0.2) is 4.68 Å². The molecule has 1 fully saturated rings. The molecule has 1 unspecified atom stereocenters. The summed E-state index contributed by atoms with van der Waals surface area (Å²) in [5.74, 6) is 0. The molecule has 0 aliphatic carbocycles. The van der Waals surface area contributed by atoms with Crippen LogP contribution in [0.25, 0.3) is 11.0 Å². The van der Waals surface area contributed by atoms with Crippen molar-refractivity contribution in [2.24, 2.45) is 5.73 Å². The number of fused-ring (bicyclic) bond motifs is 1. The van der Waals surface area contributed by atoms with Gasteiger partial charge in [-0.1, -0.05) is 11.3 Å². The Morgan fingerprint density at radius 2 is 2.33 bits per heavy atom. The summed E-state index contributed by atoms with van der Waals surface area (Å²) in [6.45, 7) is 3.37. The number of nitrogens with zero attached hydrogens (tertiary/aromatic N) is 3. The van der Waals surface area contributed by atoms with Gasteiger partial charge in [0.2, 0.25) is 0 Å². The molecule has 0 amide bonds. The predicted octanol–water partition coefficient (Wildman–Crippen LogP) is 1.90. The number of rotatable bonds is 2. The number of nitrogens with two attached hydrogens (primary N) is 1. The van der Waals surface area contributed by atoms with E-state index in [2.05, 4.69) is 17.2 Å². The molecule has 1 saturated heterocycles. The van der Waals surface area contributed by atoms with Gasteiger partial charge in [0.05, 0.1) is 5.52 Å². The molecular formula is C13H18N4O. The predicted molar refractivity (Wildman–Crippen MR) is 69.0 cm³/mol. The molecule has 0 bridgehead atoms. The first-order chi connectivity index (χ1) is 8.81. The molecule has 0 radical (unpaired) electrons. The molecule has 1 atom stereocenters. The molecular weight excluding hydrogens is 228 g/mol. The molecule has 0 saturated carbocycles. The Hall–Kier alpha value is -1.46. The molecule has 2 aromatic rings. The van der Waals surface area contributed by atoms with Crippen molar-refractivity contribution in [3.05, 3.63) is 23.3 Å². The smallest absolute Gasteiger partial charge is 0.152 e. The minimum Gasteiger partial charge on any atom is -0.356 e. The van der Waals surface area contributed by atoms with Crippen LogP contribution >= 0.6 is 0 Å². The maximum absolute atomic E-state index is 5.86. The van der Waals surface area contributed by atoms with E-state index >= 15 is 0 Å². The zero-order chi connectivity index (χ0) is 12.5. The van der Waals surface area contributed by atoms with Crippen molar-refractivity contribution >= 4 is 11.0 Å². The zero-order valence-electron chi connectivity index (χ0n) is 10.6. The van der Waals surface area contributed by atoms with Crippen molar-refractivity contribution in [1.29, 1.82) is 0 Å². The topological polar surface area (TPSA) is 66.0 Å². The summed E-state index contributed by atoms with van der Waals surface area (Å²) in [5.41, 5.74) is 10.1. The van der Waals surface area contributed by atoms with E-state index < -0.39 is 0 Å². The fourth-order valence-corrected chi connectivity index (χ4v) is 2.58. The summed E-state index contributed by atoms with van der Waals surface area (Å²) in [6, 6.07) is 4.04. The van der Waals surface area contributed by atoms with E-state index in [1.807, 2.05) is 16.8 Å². The van der Waals surface area contributed by atoms with Gasteiger partial charge in [0.1, 0.15) is 5.52 Å². The van der Waals surface area contributed by atoms with Crippen LogP contribution in [0.15, 0.2) is 12.1 Å². The summed E-state index contributed by atoms with van der Waals surface area (Å²) in [5, 5.41) is 8.48. The number of hydrogen-bond donors (Lipinski definition) is 1. The normalized spacial score (nSPS) is 20.4. The Morgan fingerprint density at radius 3 is 3.06 bits per heavy atom. The van der Waals surface area contributed by atoms with Crippen molar-refractivity contribution in [3.8, 4) is 0 Å². The van der Waals surface area contributed by atoms with E-state index in [4.69, 9.17) is 10.5 Å². The Kier molecular flexibility index (Phi) is 3.01. The third-order valence-electron chi connectivity index (χ3n) is 3.61. The molecule has 1 aromatic heterocycles. The molecule has 5 nitrogen and oxygen atoms in total. The highest BCUT2D eigenvalue weighted by atomic mass is 16.5. The fourth-order valence-electron chi connectivity index (χ4n) is 2.58. The van der Waals surface area contributed by atoms with E-state index in [1.54, 1.807) is 0 Å². The van der Waals surface area contributed by atoms with Crippen LogP contribution in [0.1, 0.15) is 36.6 Å². The first-order valence-electron chi connectivity index (χ1n) is 6.46. The second kappa shape index (κ2) is 4.66. The first kappa shape index (κ1) is 11.6. The average Bonchev–Trinajstić information content (AvgIpc) is 2.83. The van der Waals surface area contributed by atoms with Crippen LogP contribution in [0, 0.1) is 6.92 Å². The van der Waals surface area contributed by atoms with Gasteiger partial charge >= 0.3 is 0 Å². The van der Waals surface area contributed by atoms with Crippen LogP contribution in [-0.2, 0) is 11.3 Å². The largest absolute Gasteiger partial charge is 0.356 e. The SMILES string of the molecule is Cc1ccc2nnn(C3CCCCO3)c2c1CN. The molecule has 96 valence electrons. The lowest BCUT2D eigenvalue weighted by Crippen LogP contribution is -2.20. The summed E-state index contributed by atoms with van der Waals surface area (Å²) < 4.78 is 7.70. The molecule has 0 spiro atoms. The maximum Gasteiger partial charge on any atom is 0.152 e. The van der Waals surface area contributed by atoms with Crippen LogP contribution in [0.2, 0.25) is 0 Å². The summed E-state index contributed by atoms with van der Waals surface area (Å²) in [6.07, 6.45) is 3.31. The lowest BCUT2D eigenvalue weighted by Gasteiger charge is -2.23. The van der Waals surface area contributed by atoms with Crippen LogP contribution in [0.5, 0.6) is 0 Å². The van der Waals surface area contributed by atoms with E-state index in [9.17, 15) is 0 Å². The Bertz CT molecular complexity index is 557. The highest BCUT2D eigenvalue weighted by molar-refractivity contribution is 5.79. The maximum atomic E-state index is 5.86. The van der Waals surface area contributed by atoms with Gasteiger partial charge in [0.25, 0.3) is 0 Å². The number of benzene rings is 1. The molecule has 3 rings (SSSR count). The molecule has 1 aromatic carbocycles. The Labute approximate surface area is 106 Å². The number of ether oxygens (including phenoxy) is 1. The van der Waals surface area contributed by atoms with Crippen molar-refractivity contribution < 1.29 is 4.74 Å². The molecule has 2 heterocycles. The zero-order valence-corrected chi connectivity index (χ0v) is 10.6. The standard InChI is InChI=1S/C13H18N4O/c1-9-5-6-11-13(10(9)8-14)17(16-15-11)12-4-2-3-7-18-12/h5-6,12H,2-4,7-8,14H2,1H3. The Balaban J connectivity index is 2.14. The quantitative estimate of drug-likeness (QED) is 0.878. The summed E-state index contributed by atoms with van der Waals surface area (Å²) >= 11 is 0. The van der Waals surface area contributed by atoms with Crippen LogP contribution in [0.4, 0.5) is 0 Å². The monoisotopic (exact) mass is 246 g/mol. The molecule has 1 aliphatic rings. The van der Waals surface area contributed by atoms with Crippen LogP contribution in [-0.4, -0.2) is 21.6 Å². The van der Waals surface area contributed by atoms with E-state index in [1.165, 1.54) is 12.0 Å². The average molecular weight is 246 g/mol. The van der Waals surface area contributed by atoms with Gasteiger partial charge < -0.3 is 10.5 Å². The van der Waals surface area contributed by atoms with Gasteiger partial charge in [-0.15, -0.1) is 5.10 Å². The highest BCUT2D eigenvalue weighted by Gasteiger charge is 2.21. The first-order valence-corrected chi connectivity index (χ1v) is 6.46. The fraction of sp³-hybridized carbons (Fsp3) is 0.538. The van der Waals surface area contributed by atoms with E-state index in [-0.39, 0.29) is 6.23 Å². The van der Waals surface area contributed by atoms with Gasteiger partial charge in [0, 0.05) is 13.2 Å². The summed E-state index contributed by atoms with van der Waals surface area (Å²) in [4.78, 5) is 0. The van der Waals surface area contributed by atoms with Crippen LogP contribution in [0.3, 0.4) is 0 Å². The number of hydrogen-bond acceptors (Lipinski definition) is 4. The van der Waals surface area contributed by atoms with Crippen LogP contribution < -0.4 is 5.73 Å². The van der Waals surface area contributed by atoms with Gasteiger partial charge in [0.15, 0.2) is 6.23 Å². The van der Waals surface area contributed by atoms with Crippen molar-refractivity contribution in [3.63, 3.8) is 0 Å². The van der Waals surface area contributed by atoms with E-state index in [0.29, 0.717) is 6.54 Å². The molecule has 18 heavy (non-hydrogen) atoms. The molecule has 5 heteroatoms. The Morgan fingerprint density at radius 1 is 1.44 bits per heavy atom. The third kappa shape index (κ3) is 1.79. The van der Waals surface area contributed by atoms with Gasteiger partial charge in [-0.2, -0.15) is 0 Å². The lowest BCUT2D eigenvalue weighted by molar-refractivity contribution is -0.0378. The molecule has 1 aliphatic heterocycles. The number of aromatic nitrogens is 3. The third-order valence-corrected chi connectivity index (χ3v) is 3.61. The van der Waals surface area contributed by atoms with Crippen molar-refractivity contribution in [2.45, 2.75) is 39.0 Å². The second-order valence-electron chi connectivity index (χ2n) is 4.79. The van der Waals surface area contributed by atoms with E-state index in [0.717, 1.165) is 36.0 Å². The number of aryl methyl sites for hydroxylation is 1. The highest BCUT2D eigenvalue weighted by Crippen LogP contribution is 2.28. The summed E-state index contributed by atoms with van der Waals surface area (Å²) in [7, 11) is 0. The molecule has 2 N–H and O–H groups in total.